The van der Waals surface area contributed by atoms with Crippen LogP contribution in [0.2, 0.25) is 0 Å². The molecule has 0 radical (unpaired) electrons. The second-order valence-corrected chi connectivity index (χ2v) is 5.40. The highest BCUT2D eigenvalue weighted by atomic mass is 15.2. The number of hydrogen-bond donors (Lipinski definition) is 1. The predicted molar refractivity (Wildman–Crippen MR) is 85.9 cm³/mol. The topological polar surface area (TPSA) is 41.1 Å². The SMILES string of the molecule is CCCCN(Cc1cnc(NCCC)cn1)C(C)CC. The van der Waals surface area contributed by atoms with Crippen LogP contribution in [0, 0.1) is 0 Å². The van der Waals surface area contributed by atoms with Crippen molar-refractivity contribution in [2.75, 3.05) is 18.4 Å². The van der Waals surface area contributed by atoms with Crippen molar-refractivity contribution in [2.24, 2.45) is 0 Å². The number of anilines is 1. The minimum Gasteiger partial charge on any atom is -0.369 e. The summed E-state index contributed by atoms with van der Waals surface area (Å²) in [6.07, 6.45) is 8.50. The van der Waals surface area contributed by atoms with E-state index in [0.717, 1.165) is 37.6 Å². The van der Waals surface area contributed by atoms with Gasteiger partial charge in [-0.1, -0.05) is 27.2 Å². The second kappa shape index (κ2) is 9.70. The van der Waals surface area contributed by atoms with Gasteiger partial charge in [0.05, 0.1) is 18.1 Å². The Morgan fingerprint density at radius 2 is 1.95 bits per heavy atom. The molecule has 0 aliphatic rings. The van der Waals surface area contributed by atoms with Crippen LogP contribution in [-0.2, 0) is 6.54 Å². The molecule has 0 aliphatic carbocycles. The summed E-state index contributed by atoms with van der Waals surface area (Å²) in [5, 5.41) is 3.26. The highest BCUT2D eigenvalue weighted by Crippen LogP contribution is 2.11. The third-order valence-corrected chi connectivity index (χ3v) is 3.64. The zero-order valence-corrected chi connectivity index (χ0v) is 13.5. The third kappa shape index (κ3) is 5.87. The van der Waals surface area contributed by atoms with E-state index in [1.807, 2.05) is 12.4 Å². The molecule has 0 fully saturated rings. The van der Waals surface area contributed by atoms with Crippen LogP contribution in [0.25, 0.3) is 0 Å². The van der Waals surface area contributed by atoms with Crippen molar-refractivity contribution < 1.29 is 0 Å². The fourth-order valence-electron chi connectivity index (χ4n) is 2.06. The molecule has 1 heterocycles. The summed E-state index contributed by atoms with van der Waals surface area (Å²) in [5.41, 5.74) is 1.06. The second-order valence-electron chi connectivity index (χ2n) is 5.40. The first-order valence-corrected chi connectivity index (χ1v) is 8.00. The molecule has 0 aromatic carbocycles. The standard InChI is InChI=1S/C16H30N4/c1-5-8-10-20(14(4)7-3)13-15-11-19-16(12-18-15)17-9-6-2/h11-12,14H,5-10,13H2,1-4H3,(H,17,19). The molecule has 0 spiro atoms. The molecule has 1 rings (SSSR count). The van der Waals surface area contributed by atoms with Gasteiger partial charge in [0.2, 0.25) is 0 Å². The van der Waals surface area contributed by atoms with Crippen molar-refractivity contribution in [3.8, 4) is 0 Å². The van der Waals surface area contributed by atoms with E-state index in [4.69, 9.17) is 0 Å². The first-order valence-electron chi connectivity index (χ1n) is 8.00. The molecule has 0 bridgehead atoms. The van der Waals surface area contributed by atoms with Crippen LogP contribution in [0.3, 0.4) is 0 Å². The van der Waals surface area contributed by atoms with Crippen LogP contribution in [0.1, 0.15) is 59.1 Å². The minimum absolute atomic E-state index is 0.598. The summed E-state index contributed by atoms with van der Waals surface area (Å²) < 4.78 is 0. The molecule has 0 aliphatic heterocycles. The molecule has 20 heavy (non-hydrogen) atoms. The molecule has 1 N–H and O–H groups in total. The number of aromatic nitrogens is 2. The number of hydrogen-bond acceptors (Lipinski definition) is 4. The lowest BCUT2D eigenvalue weighted by Gasteiger charge is -2.27. The van der Waals surface area contributed by atoms with Crippen LogP contribution < -0.4 is 5.32 Å². The van der Waals surface area contributed by atoms with Gasteiger partial charge in [0.25, 0.3) is 0 Å². The van der Waals surface area contributed by atoms with Crippen molar-refractivity contribution in [2.45, 2.75) is 66.0 Å². The van der Waals surface area contributed by atoms with Crippen molar-refractivity contribution in [1.82, 2.24) is 14.9 Å². The Labute approximate surface area is 124 Å². The van der Waals surface area contributed by atoms with E-state index >= 15 is 0 Å². The maximum absolute atomic E-state index is 4.53. The molecule has 0 amide bonds. The van der Waals surface area contributed by atoms with Gasteiger partial charge in [-0.25, -0.2) is 4.98 Å². The van der Waals surface area contributed by atoms with E-state index in [1.165, 1.54) is 19.3 Å². The van der Waals surface area contributed by atoms with Crippen molar-refractivity contribution in [3.05, 3.63) is 18.1 Å². The predicted octanol–water partition coefficient (Wildman–Crippen LogP) is 3.70. The fraction of sp³-hybridized carbons (Fsp3) is 0.750. The fourth-order valence-corrected chi connectivity index (χ4v) is 2.06. The zero-order valence-electron chi connectivity index (χ0n) is 13.5. The molecule has 0 saturated heterocycles. The average Bonchev–Trinajstić information content (AvgIpc) is 2.49. The van der Waals surface area contributed by atoms with Gasteiger partial charge in [-0.15, -0.1) is 0 Å². The van der Waals surface area contributed by atoms with Crippen molar-refractivity contribution in [3.63, 3.8) is 0 Å². The van der Waals surface area contributed by atoms with E-state index in [0.29, 0.717) is 6.04 Å². The van der Waals surface area contributed by atoms with Crippen LogP contribution in [-0.4, -0.2) is 34.0 Å². The normalized spacial score (nSPS) is 12.7. The first kappa shape index (κ1) is 16.9. The molecule has 1 aromatic rings. The first-order chi connectivity index (χ1) is 9.71. The lowest BCUT2D eigenvalue weighted by Crippen LogP contribution is -2.33. The Bertz CT molecular complexity index is 350. The maximum atomic E-state index is 4.53. The van der Waals surface area contributed by atoms with Crippen LogP contribution in [0.5, 0.6) is 0 Å². The molecule has 0 saturated carbocycles. The molecular weight excluding hydrogens is 248 g/mol. The van der Waals surface area contributed by atoms with Gasteiger partial charge in [0, 0.05) is 19.1 Å². The molecule has 114 valence electrons. The zero-order chi connectivity index (χ0) is 14.8. The molecule has 4 heteroatoms. The summed E-state index contributed by atoms with van der Waals surface area (Å²) in [5.74, 6) is 0.874. The highest BCUT2D eigenvalue weighted by Gasteiger charge is 2.12. The van der Waals surface area contributed by atoms with Gasteiger partial charge < -0.3 is 5.32 Å². The van der Waals surface area contributed by atoms with Gasteiger partial charge in [-0.05, 0) is 32.7 Å². The Kier molecular flexibility index (Phi) is 8.19. The van der Waals surface area contributed by atoms with Crippen LogP contribution in [0.15, 0.2) is 12.4 Å². The van der Waals surface area contributed by atoms with Gasteiger partial charge >= 0.3 is 0 Å². The summed E-state index contributed by atoms with van der Waals surface area (Å²) >= 11 is 0. The molecule has 4 nitrogen and oxygen atoms in total. The van der Waals surface area contributed by atoms with Crippen molar-refractivity contribution >= 4 is 5.82 Å². The lowest BCUT2D eigenvalue weighted by molar-refractivity contribution is 0.190. The van der Waals surface area contributed by atoms with E-state index in [2.05, 4.69) is 47.9 Å². The largest absolute Gasteiger partial charge is 0.369 e. The van der Waals surface area contributed by atoms with E-state index in [-0.39, 0.29) is 0 Å². The molecule has 1 unspecified atom stereocenters. The smallest absolute Gasteiger partial charge is 0.144 e. The monoisotopic (exact) mass is 278 g/mol. The number of nitrogens with zero attached hydrogens (tertiary/aromatic N) is 3. The summed E-state index contributed by atoms with van der Waals surface area (Å²) in [4.78, 5) is 11.5. The quantitative estimate of drug-likeness (QED) is 0.708. The number of rotatable bonds is 10. The van der Waals surface area contributed by atoms with Gasteiger partial charge in [0.15, 0.2) is 0 Å². The van der Waals surface area contributed by atoms with E-state index in [1.54, 1.807) is 0 Å². The van der Waals surface area contributed by atoms with Crippen LogP contribution in [0.4, 0.5) is 5.82 Å². The van der Waals surface area contributed by atoms with E-state index in [9.17, 15) is 0 Å². The summed E-state index contributed by atoms with van der Waals surface area (Å²) in [6, 6.07) is 0.598. The van der Waals surface area contributed by atoms with Crippen LogP contribution >= 0.6 is 0 Å². The van der Waals surface area contributed by atoms with Crippen molar-refractivity contribution in [1.29, 1.82) is 0 Å². The van der Waals surface area contributed by atoms with E-state index < -0.39 is 0 Å². The maximum Gasteiger partial charge on any atom is 0.144 e. The summed E-state index contributed by atoms with van der Waals surface area (Å²) in [6.45, 7) is 11.9. The Morgan fingerprint density at radius 3 is 2.50 bits per heavy atom. The molecule has 1 aromatic heterocycles. The number of nitrogens with one attached hydrogen (secondary N) is 1. The average molecular weight is 278 g/mol. The van der Waals surface area contributed by atoms with Gasteiger partial charge in [-0.3, -0.25) is 9.88 Å². The minimum atomic E-state index is 0.598. The lowest BCUT2D eigenvalue weighted by atomic mass is 10.2. The highest BCUT2D eigenvalue weighted by molar-refractivity contribution is 5.30. The number of unbranched alkanes of at least 4 members (excludes halogenated alkanes) is 1. The molecular formula is C16H30N4. The third-order valence-electron chi connectivity index (χ3n) is 3.64. The Hall–Kier alpha value is -1.16. The van der Waals surface area contributed by atoms with Gasteiger partial charge in [0.1, 0.15) is 5.82 Å². The molecule has 1 atom stereocenters. The Morgan fingerprint density at radius 1 is 1.15 bits per heavy atom. The Balaban J connectivity index is 2.58. The summed E-state index contributed by atoms with van der Waals surface area (Å²) in [7, 11) is 0. The van der Waals surface area contributed by atoms with Gasteiger partial charge in [-0.2, -0.15) is 0 Å².